The van der Waals surface area contributed by atoms with Crippen molar-refractivity contribution in [3.05, 3.63) is 0 Å². The van der Waals surface area contributed by atoms with E-state index in [-0.39, 0.29) is 12.0 Å². The van der Waals surface area contributed by atoms with E-state index in [1.54, 1.807) is 0 Å². The van der Waals surface area contributed by atoms with Gasteiger partial charge in [-0.1, -0.05) is 6.92 Å². The van der Waals surface area contributed by atoms with Gasteiger partial charge in [-0.15, -0.1) is 0 Å². The van der Waals surface area contributed by atoms with Crippen molar-refractivity contribution in [2.24, 2.45) is 5.92 Å². The van der Waals surface area contributed by atoms with Crippen LogP contribution in [0, 0.1) is 5.92 Å². The number of ether oxygens (including phenoxy) is 1. The van der Waals surface area contributed by atoms with E-state index in [2.05, 4.69) is 28.9 Å². The Morgan fingerprint density at radius 3 is 2.93 bits per heavy atom. The Balaban J connectivity index is 2.41. The number of esters is 1. The molecule has 1 saturated heterocycles. The summed E-state index contributed by atoms with van der Waals surface area (Å²) in [6.07, 6.45) is 0.466. The van der Waals surface area contributed by atoms with Crippen molar-refractivity contribution in [3.63, 3.8) is 0 Å². The van der Waals surface area contributed by atoms with E-state index in [0.717, 1.165) is 19.6 Å². The first-order chi connectivity index (χ1) is 6.61. The molecule has 0 spiro atoms. The lowest BCUT2D eigenvalue weighted by molar-refractivity contribution is -0.141. The maximum absolute atomic E-state index is 11.1. The molecule has 0 bridgehead atoms. The number of nitrogens with zero attached hydrogens (tertiary/aromatic N) is 1. The summed E-state index contributed by atoms with van der Waals surface area (Å²) in [7, 11) is 3.53. The average Bonchev–Trinajstić information content (AvgIpc) is 2.27. The summed E-state index contributed by atoms with van der Waals surface area (Å²) in [5.41, 5.74) is 0. The van der Waals surface area contributed by atoms with Crippen LogP contribution in [0.5, 0.6) is 0 Å². The molecule has 82 valence electrons. The maximum Gasteiger partial charge on any atom is 0.307 e. The number of carbonyl (C=O) groups is 1. The van der Waals surface area contributed by atoms with E-state index in [9.17, 15) is 4.79 Å². The van der Waals surface area contributed by atoms with Crippen molar-refractivity contribution >= 4 is 5.97 Å². The van der Waals surface area contributed by atoms with Gasteiger partial charge < -0.3 is 15.0 Å². The molecule has 0 aromatic rings. The van der Waals surface area contributed by atoms with Crippen LogP contribution in [0.2, 0.25) is 0 Å². The third-order valence-electron chi connectivity index (χ3n) is 2.55. The fraction of sp³-hybridized carbons (Fsp3) is 0.900. The van der Waals surface area contributed by atoms with Crippen molar-refractivity contribution in [1.82, 2.24) is 10.2 Å². The molecule has 0 saturated carbocycles. The molecule has 4 heteroatoms. The predicted molar refractivity (Wildman–Crippen MR) is 55.1 cm³/mol. The van der Waals surface area contributed by atoms with Crippen LogP contribution < -0.4 is 5.32 Å². The monoisotopic (exact) mass is 200 g/mol. The molecule has 1 fully saturated rings. The van der Waals surface area contributed by atoms with Crippen LogP contribution >= 0.6 is 0 Å². The largest absolute Gasteiger partial charge is 0.469 e. The standard InChI is InChI=1S/C10H20N2O2/c1-8-5-11-9(4-10(13)14-3)7-12(2)6-8/h8-9,11H,4-7H2,1-3H3. The topological polar surface area (TPSA) is 41.6 Å². The van der Waals surface area contributed by atoms with Crippen molar-refractivity contribution < 1.29 is 9.53 Å². The van der Waals surface area contributed by atoms with E-state index in [1.165, 1.54) is 7.11 Å². The predicted octanol–water partition coefficient (Wildman–Crippen LogP) is 0.0892. The summed E-state index contributed by atoms with van der Waals surface area (Å²) in [4.78, 5) is 13.4. The summed E-state index contributed by atoms with van der Waals surface area (Å²) in [5.74, 6) is 0.507. The van der Waals surface area contributed by atoms with Crippen LogP contribution in [0.4, 0.5) is 0 Å². The van der Waals surface area contributed by atoms with Crippen LogP contribution in [0.3, 0.4) is 0 Å². The van der Waals surface area contributed by atoms with Crippen molar-refractivity contribution in [2.75, 3.05) is 33.8 Å². The summed E-state index contributed by atoms with van der Waals surface area (Å²) < 4.78 is 4.66. The normalized spacial score (nSPS) is 29.6. The molecule has 1 aliphatic rings. The Kier molecular flexibility index (Phi) is 4.35. The number of rotatable bonds is 2. The minimum Gasteiger partial charge on any atom is -0.469 e. The van der Waals surface area contributed by atoms with Gasteiger partial charge in [-0.3, -0.25) is 4.79 Å². The molecule has 1 rings (SSSR count). The Bertz CT molecular complexity index is 197. The Hall–Kier alpha value is -0.610. The third-order valence-corrected chi connectivity index (χ3v) is 2.55. The van der Waals surface area contributed by atoms with Crippen molar-refractivity contribution in [1.29, 1.82) is 0 Å². The highest BCUT2D eigenvalue weighted by Gasteiger charge is 2.21. The van der Waals surface area contributed by atoms with Crippen molar-refractivity contribution in [2.45, 2.75) is 19.4 Å². The maximum atomic E-state index is 11.1. The fourth-order valence-corrected chi connectivity index (χ4v) is 1.90. The smallest absolute Gasteiger partial charge is 0.307 e. The van der Waals surface area contributed by atoms with Gasteiger partial charge in [0.05, 0.1) is 13.5 Å². The van der Waals surface area contributed by atoms with Crippen LogP contribution in [0.15, 0.2) is 0 Å². The van der Waals surface area contributed by atoms with E-state index in [0.29, 0.717) is 12.3 Å². The molecule has 2 atom stereocenters. The number of methoxy groups -OCH3 is 1. The molecule has 0 aromatic carbocycles. The van der Waals surface area contributed by atoms with Crippen molar-refractivity contribution in [3.8, 4) is 0 Å². The average molecular weight is 200 g/mol. The van der Waals surface area contributed by atoms with Gasteiger partial charge in [0.25, 0.3) is 0 Å². The first-order valence-electron chi connectivity index (χ1n) is 5.10. The van der Waals surface area contributed by atoms with Gasteiger partial charge in [0.15, 0.2) is 0 Å². The summed E-state index contributed by atoms with van der Waals surface area (Å²) >= 11 is 0. The lowest BCUT2D eigenvalue weighted by atomic mass is 10.2. The van der Waals surface area contributed by atoms with E-state index < -0.39 is 0 Å². The van der Waals surface area contributed by atoms with E-state index in [1.807, 2.05) is 0 Å². The number of hydrogen-bond donors (Lipinski definition) is 1. The highest BCUT2D eigenvalue weighted by atomic mass is 16.5. The molecule has 1 aliphatic heterocycles. The highest BCUT2D eigenvalue weighted by molar-refractivity contribution is 5.69. The number of likely N-dealkylation sites (N-methyl/N-ethyl adjacent to an activating group) is 1. The molecule has 0 aromatic heterocycles. The molecule has 0 aliphatic carbocycles. The van der Waals surface area contributed by atoms with Gasteiger partial charge in [0.2, 0.25) is 0 Å². The molecule has 14 heavy (non-hydrogen) atoms. The zero-order chi connectivity index (χ0) is 10.6. The van der Waals surface area contributed by atoms with Gasteiger partial charge in [-0.2, -0.15) is 0 Å². The van der Waals surface area contributed by atoms with Gasteiger partial charge in [-0.25, -0.2) is 0 Å². The Morgan fingerprint density at radius 2 is 2.29 bits per heavy atom. The summed E-state index contributed by atoms with van der Waals surface area (Å²) in [6, 6.07) is 0.234. The first kappa shape index (κ1) is 11.5. The second-order valence-electron chi connectivity index (χ2n) is 4.21. The minimum atomic E-state index is -0.134. The molecule has 4 nitrogen and oxygen atoms in total. The Labute approximate surface area is 85.6 Å². The minimum absolute atomic E-state index is 0.134. The molecule has 2 unspecified atom stereocenters. The zero-order valence-electron chi connectivity index (χ0n) is 9.25. The number of carbonyl (C=O) groups excluding carboxylic acids is 1. The molecule has 1 N–H and O–H groups in total. The zero-order valence-corrected chi connectivity index (χ0v) is 9.25. The van der Waals surface area contributed by atoms with Crippen LogP contribution in [0.25, 0.3) is 0 Å². The van der Waals surface area contributed by atoms with Crippen LogP contribution in [0.1, 0.15) is 13.3 Å². The number of nitrogens with one attached hydrogen (secondary N) is 1. The lowest BCUT2D eigenvalue weighted by Crippen LogP contribution is -2.38. The fourth-order valence-electron chi connectivity index (χ4n) is 1.90. The van der Waals surface area contributed by atoms with Gasteiger partial charge in [-0.05, 0) is 19.5 Å². The Morgan fingerprint density at radius 1 is 1.57 bits per heavy atom. The third kappa shape index (κ3) is 3.64. The van der Waals surface area contributed by atoms with E-state index in [4.69, 9.17) is 0 Å². The van der Waals surface area contributed by atoms with Crippen LogP contribution in [-0.2, 0) is 9.53 Å². The molecular formula is C10H20N2O2. The van der Waals surface area contributed by atoms with Gasteiger partial charge in [0, 0.05) is 19.1 Å². The molecule has 0 radical (unpaired) electrons. The van der Waals surface area contributed by atoms with E-state index >= 15 is 0 Å². The molecular weight excluding hydrogens is 180 g/mol. The highest BCUT2D eigenvalue weighted by Crippen LogP contribution is 2.06. The second kappa shape index (κ2) is 5.32. The first-order valence-corrected chi connectivity index (χ1v) is 5.10. The lowest BCUT2D eigenvalue weighted by Gasteiger charge is -2.19. The molecule has 1 heterocycles. The quantitative estimate of drug-likeness (QED) is 0.641. The second-order valence-corrected chi connectivity index (χ2v) is 4.21. The van der Waals surface area contributed by atoms with Crippen LogP contribution in [-0.4, -0.2) is 50.7 Å². The summed E-state index contributed by atoms with van der Waals surface area (Å²) in [5, 5.41) is 3.38. The SMILES string of the molecule is COC(=O)CC1CN(C)CC(C)CN1. The van der Waals surface area contributed by atoms with Gasteiger partial charge >= 0.3 is 5.97 Å². The molecule has 0 amide bonds. The van der Waals surface area contributed by atoms with Gasteiger partial charge in [0.1, 0.15) is 0 Å². The number of hydrogen-bond acceptors (Lipinski definition) is 4. The summed E-state index contributed by atoms with van der Waals surface area (Å²) in [6.45, 7) is 5.19.